The molecule has 5 heteroatoms. The van der Waals surface area contributed by atoms with Gasteiger partial charge in [-0.2, -0.15) is 5.10 Å². The molecule has 4 nitrogen and oxygen atoms in total. The number of likely N-dealkylation sites (tertiary alicyclic amines) is 1. The number of rotatable bonds is 6. The Morgan fingerprint density at radius 1 is 0.935 bits per heavy atom. The summed E-state index contributed by atoms with van der Waals surface area (Å²) in [4.78, 5) is 3.57. The molecule has 5 rings (SSSR count). The van der Waals surface area contributed by atoms with Crippen molar-refractivity contribution in [1.29, 1.82) is 0 Å². The number of nitrogens with one attached hydrogen (secondary N) is 1. The SMILES string of the molecule is O[C@@H](c1cccs1)C1CCN(Cc2cn[nH]c2-c2ccc(-c3ccccc3)cc2)CC1. The fraction of sp³-hybridized carbons (Fsp3) is 0.269. The van der Waals surface area contributed by atoms with Crippen LogP contribution in [0.4, 0.5) is 0 Å². The molecule has 158 valence electrons. The van der Waals surface area contributed by atoms with Gasteiger partial charge in [0.25, 0.3) is 0 Å². The maximum atomic E-state index is 10.7. The van der Waals surface area contributed by atoms with Crippen molar-refractivity contribution in [2.24, 2.45) is 5.92 Å². The van der Waals surface area contributed by atoms with Gasteiger partial charge in [0.05, 0.1) is 18.0 Å². The van der Waals surface area contributed by atoms with Crippen LogP contribution in [0.1, 0.15) is 29.4 Å². The first kappa shape index (κ1) is 20.2. The van der Waals surface area contributed by atoms with Crippen molar-refractivity contribution < 1.29 is 5.11 Å². The summed E-state index contributed by atoms with van der Waals surface area (Å²) in [5.41, 5.74) is 5.93. The lowest BCUT2D eigenvalue weighted by Gasteiger charge is -2.33. The molecule has 0 unspecified atom stereocenters. The third kappa shape index (κ3) is 4.49. The Balaban J connectivity index is 1.23. The zero-order chi connectivity index (χ0) is 21.0. The highest BCUT2D eigenvalue weighted by atomic mass is 32.1. The largest absolute Gasteiger partial charge is 0.387 e. The Bertz CT molecular complexity index is 1080. The van der Waals surface area contributed by atoms with Crippen LogP contribution in [0, 0.1) is 5.92 Å². The molecular formula is C26H27N3OS. The molecule has 1 saturated heterocycles. The summed E-state index contributed by atoms with van der Waals surface area (Å²) in [5.74, 6) is 0.351. The van der Waals surface area contributed by atoms with Gasteiger partial charge in [-0.15, -0.1) is 11.3 Å². The topological polar surface area (TPSA) is 52.1 Å². The number of aromatic nitrogens is 2. The van der Waals surface area contributed by atoms with E-state index in [0.717, 1.165) is 48.6 Å². The van der Waals surface area contributed by atoms with Crippen LogP contribution in [0.2, 0.25) is 0 Å². The van der Waals surface area contributed by atoms with Gasteiger partial charge in [0, 0.05) is 17.0 Å². The highest BCUT2D eigenvalue weighted by Gasteiger charge is 2.27. The Morgan fingerprint density at radius 3 is 2.35 bits per heavy atom. The molecule has 3 heterocycles. The molecule has 31 heavy (non-hydrogen) atoms. The van der Waals surface area contributed by atoms with Crippen LogP contribution < -0.4 is 0 Å². The number of aromatic amines is 1. The summed E-state index contributed by atoms with van der Waals surface area (Å²) in [6.45, 7) is 2.89. The number of aliphatic hydroxyl groups is 1. The van der Waals surface area contributed by atoms with E-state index in [1.165, 1.54) is 16.7 Å². The fourth-order valence-electron chi connectivity index (χ4n) is 4.50. The third-order valence-electron chi connectivity index (χ3n) is 6.31. The number of hydrogen-bond acceptors (Lipinski definition) is 4. The van der Waals surface area contributed by atoms with Crippen molar-refractivity contribution in [3.63, 3.8) is 0 Å². The Morgan fingerprint density at radius 2 is 1.65 bits per heavy atom. The smallest absolute Gasteiger partial charge is 0.0910 e. The summed E-state index contributed by atoms with van der Waals surface area (Å²) in [7, 11) is 0. The van der Waals surface area contributed by atoms with Crippen molar-refractivity contribution in [2.75, 3.05) is 13.1 Å². The van der Waals surface area contributed by atoms with E-state index in [-0.39, 0.29) is 6.10 Å². The molecule has 2 N–H and O–H groups in total. The van der Waals surface area contributed by atoms with Gasteiger partial charge >= 0.3 is 0 Å². The molecule has 0 amide bonds. The van der Waals surface area contributed by atoms with E-state index in [0.29, 0.717) is 5.92 Å². The molecule has 4 aromatic rings. The van der Waals surface area contributed by atoms with Crippen LogP contribution in [-0.4, -0.2) is 33.3 Å². The third-order valence-corrected chi connectivity index (χ3v) is 7.25. The molecule has 2 aromatic carbocycles. The minimum Gasteiger partial charge on any atom is -0.387 e. The number of piperidine rings is 1. The van der Waals surface area contributed by atoms with Gasteiger partial charge < -0.3 is 5.11 Å². The van der Waals surface area contributed by atoms with E-state index < -0.39 is 0 Å². The van der Waals surface area contributed by atoms with Gasteiger partial charge in [0.1, 0.15) is 0 Å². The van der Waals surface area contributed by atoms with Crippen LogP contribution in [0.3, 0.4) is 0 Å². The quantitative estimate of drug-likeness (QED) is 0.410. The molecule has 0 bridgehead atoms. The van der Waals surface area contributed by atoms with E-state index in [4.69, 9.17) is 0 Å². The Kier molecular flexibility index (Phi) is 5.98. The van der Waals surface area contributed by atoms with Crippen LogP contribution in [0.25, 0.3) is 22.4 Å². The van der Waals surface area contributed by atoms with Gasteiger partial charge in [-0.25, -0.2) is 0 Å². The van der Waals surface area contributed by atoms with Crippen molar-refractivity contribution >= 4 is 11.3 Å². The monoisotopic (exact) mass is 429 g/mol. The Labute approximate surface area is 187 Å². The lowest BCUT2D eigenvalue weighted by Crippen LogP contribution is -2.35. The number of hydrogen-bond donors (Lipinski definition) is 2. The average Bonchev–Trinajstić information content (AvgIpc) is 3.53. The molecule has 0 spiro atoms. The minimum absolute atomic E-state index is 0.324. The summed E-state index contributed by atoms with van der Waals surface area (Å²) in [6, 6.07) is 23.2. The number of nitrogens with zero attached hydrogens (tertiary/aromatic N) is 2. The van der Waals surface area contributed by atoms with Crippen LogP contribution >= 0.6 is 11.3 Å². The van der Waals surface area contributed by atoms with E-state index in [2.05, 4.69) is 63.6 Å². The fourth-order valence-corrected chi connectivity index (χ4v) is 5.30. The van der Waals surface area contributed by atoms with E-state index in [1.54, 1.807) is 11.3 Å². The Hall–Kier alpha value is -2.73. The van der Waals surface area contributed by atoms with E-state index in [1.807, 2.05) is 29.8 Å². The molecule has 0 aliphatic carbocycles. The predicted octanol–water partition coefficient (Wildman–Crippen LogP) is 5.75. The average molecular weight is 430 g/mol. The summed E-state index contributed by atoms with van der Waals surface area (Å²) in [6.07, 6.45) is 3.68. The second kappa shape index (κ2) is 9.18. The van der Waals surface area contributed by atoms with Crippen molar-refractivity contribution in [1.82, 2.24) is 15.1 Å². The number of thiophene rings is 1. The predicted molar refractivity (Wildman–Crippen MR) is 127 cm³/mol. The number of benzene rings is 2. The number of aliphatic hydroxyl groups excluding tert-OH is 1. The highest BCUT2D eigenvalue weighted by Crippen LogP contribution is 2.34. The lowest BCUT2D eigenvalue weighted by molar-refractivity contribution is 0.0591. The number of H-pyrrole nitrogens is 1. The first-order valence-corrected chi connectivity index (χ1v) is 11.8. The first-order chi connectivity index (χ1) is 15.3. The van der Waals surface area contributed by atoms with Gasteiger partial charge in [0.15, 0.2) is 0 Å². The second-order valence-electron chi connectivity index (χ2n) is 8.29. The van der Waals surface area contributed by atoms with Crippen LogP contribution in [0.5, 0.6) is 0 Å². The molecule has 0 saturated carbocycles. The van der Waals surface area contributed by atoms with Gasteiger partial charge in [-0.05, 0) is 60.0 Å². The minimum atomic E-state index is -0.324. The van der Waals surface area contributed by atoms with Crippen LogP contribution in [0.15, 0.2) is 78.3 Å². The maximum absolute atomic E-state index is 10.7. The highest BCUT2D eigenvalue weighted by molar-refractivity contribution is 7.10. The standard InChI is InChI=1S/C26H27N3OS/c30-26(24-7-4-16-31-24)22-12-14-29(15-13-22)18-23-17-27-28-25(23)21-10-8-20(9-11-21)19-5-2-1-3-6-19/h1-11,16-17,22,26,30H,12-15,18H2,(H,27,28)/t26-/m1/s1. The van der Waals surface area contributed by atoms with Crippen molar-refractivity contribution in [3.05, 3.63) is 88.7 Å². The molecule has 1 aliphatic heterocycles. The summed E-state index contributed by atoms with van der Waals surface area (Å²) >= 11 is 1.65. The zero-order valence-corrected chi connectivity index (χ0v) is 18.3. The van der Waals surface area contributed by atoms with E-state index >= 15 is 0 Å². The normalized spacial score (nSPS) is 16.4. The second-order valence-corrected chi connectivity index (χ2v) is 9.27. The zero-order valence-electron chi connectivity index (χ0n) is 17.4. The van der Waals surface area contributed by atoms with Gasteiger partial charge in [-0.3, -0.25) is 10.00 Å². The lowest BCUT2D eigenvalue weighted by atomic mass is 9.90. The molecule has 1 fully saturated rings. The van der Waals surface area contributed by atoms with Crippen molar-refractivity contribution in [2.45, 2.75) is 25.5 Å². The molecular weight excluding hydrogens is 402 g/mol. The summed E-state index contributed by atoms with van der Waals surface area (Å²) < 4.78 is 0. The van der Waals surface area contributed by atoms with Crippen molar-refractivity contribution in [3.8, 4) is 22.4 Å². The molecule has 1 aliphatic rings. The molecule has 2 aromatic heterocycles. The molecule has 0 radical (unpaired) electrons. The molecule has 1 atom stereocenters. The first-order valence-electron chi connectivity index (χ1n) is 10.9. The summed E-state index contributed by atoms with van der Waals surface area (Å²) in [5, 5.41) is 20.2. The maximum Gasteiger partial charge on any atom is 0.0910 e. The van der Waals surface area contributed by atoms with Gasteiger partial charge in [-0.1, -0.05) is 60.7 Å². The van der Waals surface area contributed by atoms with Gasteiger partial charge in [0.2, 0.25) is 0 Å². The van der Waals surface area contributed by atoms with Crippen LogP contribution in [-0.2, 0) is 6.54 Å². The van der Waals surface area contributed by atoms with E-state index in [9.17, 15) is 5.11 Å².